The molecule has 3 rings (SSSR count). The number of nitriles is 1. The highest BCUT2D eigenvalue weighted by Gasteiger charge is 2.25. The summed E-state index contributed by atoms with van der Waals surface area (Å²) in [7, 11) is 0. The van der Waals surface area contributed by atoms with E-state index in [0.29, 0.717) is 11.4 Å². The quantitative estimate of drug-likeness (QED) is 0.784. The van der Waals surface area contributed by atoms with Crippen LogP contribution in [0.4, 0.5) is 5.69 Å². The molecule has 0 spiro atoms. The zero-order chi connectivity index (χ0) is 13.2. The zero-order valence-corrected chi connectivity index (χ0v) is 10.7. The van der Waals surface area contributed by atoms with Crippen molar-refractivity contribution in [2.24, 2.45) is 0 Å². The SMILES string of the molecule is N#CCN1C(=O)COc2ccc(-c3cscn3)cc21. The number of benzene rings is 1. The Hall–Kier alpha value is -2.39. The predicted molar refractivity (Wildman–Crippen MR) is 71.0 cm³/mol. The van der Waals surface area contributed by atoms with E-state index in [0.717, 1.165) is 11.3 Å². The molecule has 0 saturated heterocycles. The molecule has 6 heteroatoms. The Balaban J connectivity index is 2.07. The molecular weight excluding hydrogens is 262 g/mol. The number of amides is 1. The Kier molecular flexibility index (Phi) is 2.89. The van der Waals surface area contributed by atoms with Gasteiger partial charge >= 0.3 is 0 Å². The molecule has 2 aromatic rings. The Labute approximate surface area is 113 Å². The molecule has 5 nitrogen and oxygen atoms in total. The summed E-state index contributed by atoms with van der Waals surface area (Å²) >= 11 is 1.51. The minimum absolute atomic E-state index is 0.0231. The fraction of sp³-hybridized carbons (Fsp3) is 0.154. The number of hydrogen-bond acceptors (Lipinski definition) is 5. The molecule has 0 fully saturated rings. The van der Waals surface area contributed by atoms with Gasteiger partial charge in [-0.2, -0.15) is 5.26 Å². The van der Waals surface area contributed by atoms with Crippen LogP contribution < -0.4 is 9.64 Å². The van der Waals surface area contributed by atoms with E-state index in [-0.39, 0.29) is 19.1 Å². The lowest BCUT2D eigenvalue weighted by Gasteiger charge is -2.27. The molecule has 1 aromatic heterocycles. The van der Waals surface area contributed by atoms with Gasteiger partial charge in [0.2, 0.25) is 0 Å². The zero-order valence-electron chi connectivity index (χ0n) is 9.87. The second kappa shape index (κ2) is 4.71. The van der Waals surface area contributed by atoms with Crippen molar-refractivity contribution in [3.63, 3.8) is 0 Å². The molecule has 0 radical (unpaired) electrons. The van der Waals surface area contributed by atoms with Gasteiger partial charge in [-0.15, -0.1) is 11.3 Å². The molecule has 0 saturated carbocycles. The van der Waals surface area contributed by atoms with E-state index in [2.05, 4.69) is 4.98 Å². The molecule has 0 bridgehead atoms. The van der Waals surface area contributed by atoms with Crippen molar-refractivity contribution in [3.8, 4) is 23.1 Å². The van der Waals surface area contributed by atoms with Gasteiger partial charge in [0.1, 0.15) is 12.3 Å². The van der Waals surface area contributed by atoms with Crippen LogP contribution in [0.5, 0.6) is 5.75 Å². The Bertz CT molecular complexity index is 661. The van der Waals surface area contributed by atoms with Crippen LogP contribution >= 0.6 is 11.3 Å². The van der Waals surface area contributed by atoms with E-state index in [4.69, 9.17) is 10.00 Å². The van der Waals surface area contributed by atoms with Crippen LogP contribution in [0.15, 0.2) is 29.1 Å². The lowest BCUT2D eigenvalue weighted by Crippen LogP contribution is -2.39. The maximum absolute atomic E-state index is 11.8. The number of carbonyl (C=O) groups is 1. The topological polar surface area (TPSA) is 66.2 Å². The Morgan fingerprint density at radius 3 is 3.16 bits per heavy atom. The highest BCUT2D eigenvalue weighted by atomic mass is 32.1. The summed E-state index contributed by atoms with van der Waals surface area (Å²) in [6.45, 7) is 0.000436. The smallest absolute Gasteiger partial charge is 0.265 e. The molecule has 0 aliphatic carbocycles. The molecule has 0 atom stereocenters. The normalized spacial score (nSPS) is 13.6. The van der Waals surface area contributed by atoms with Crippen LogP contribution in [0.1, 0.15) is 0 Å². The fourth-order valence-corrected chi connectivity index (χ4v) is 2.52. The fourth-order valence-electron chi connectivity index (χ4n) is 1.96. The van der Waals surface area contributed by atoms with Crippen LogP contribution in [0, 0.1) is 11.3 Å². The van der Waals surface area contributed by atoms with Crippen LogP contribution in [0.3, 0.4) is 0 Å². The van der Waals surface area contributed by atoms with Crippen molar-refractivity contribution in [2.45, 2.75) is 0 Å². The van der Waals surface area contributed by atoms with Crippen molar-refractivity contribution in [1.82, 2.24) is 4.98 Å². The van der Waals surface area contributed by atoms with Gasteiger partial charge in [0.15, 0.2) is 6.61 Å². The van der Waals surface area contributed by atoms with Gasteiger partial charge in [0.25, 0.3) is 5.91 Å². The highest BCUT2D eigenvalue weighted by Crippen LogP contribution is 2.35. The standard InChI is InChI=1S/C13H9N3O2S/c14-3-4-16-11-5-9(10-7-19-8-15-10)1-2-12(11)18-6-13(16)17/h1-2,5,7-8H,4,6H2. The Morgan fingerprint density at radius 2 is 2.42 bits per heavy atom. The minimum Gasteiger partial charge on any atom is -0.482 e. The summed E-state index contributed by atoms with van der Waals surface area (Å²) in [4.78, 5) is 17.5. The maximum Gasteiger partial charge on any atom is 0.265 e. The monoisotopic (exact) mass is 271 g/mol. The molecule has 1 amide bonds. The van der Waals surface area contributed by atoms with Gasteiger partial charge in [0, 0.05) is 10.9 Å². The molecule has 1 aromatic carbocycles. The lowest BCUT2D eigenvalue weighted by atomic mass is 10.1. The molecule has 0 N–H and O–H groups in total. The number of thiazole rings is 1. The number of rotatable bonds is 2. The number of aromatic nitrogens is 1. The average Bonchev–Trinajstić information content (AvgIpc) is 2.96. The largest absolute Gasteiger partial charge is 0.482 e. The number of hydrogen-bond donors (Lipinski definition) is 0. The molecule has 19 heavy (non-hydrogen) atoms. The van der Waals surface area contributed by atoms with Crippen LogP contribution in [0.2, 0.25) is 0 Å². The molecular formula is C13H9N3O2S. The maximum atomic E-state index is 11.8. The van der Waals surface area contributed by atoms with Gasteiger partial charge in [-0.1, -0.05) is 0 Å². The number of fused-ring (bicyclic) bond motifs is 1. The minimum atomic E-state index is -0.204. The second-order valence-corrected chi connectivity index (χ2v) is 4.70. The van der Waals surface area contributed by atoms with E-state index in [1.807, 2.05) is 23.6 Å². The van der Waals surface area contributed by atoms with E-state index in [1.165, 1.54) is 16.2 Å². The second-order valence-electron chi connectivity index (χ2n) is 3.98. The summed E-state index contributed by atoms with van der Waals surface area (Å²) in [6.07, 6.45) is 0. The van der Waals surface area contributed by atoms with Crippen LogP contribution in [0.25, 0.3) is 11.3 Å². The van der Waals surface area contributed by atoms with Gasteiger partial charge in [-0.3, -0.25) is 9.69 Å². The van der Waals surface area contributed by atoms with Crippen molar-refractivity contribution in [1.29, 1.82) is 5.26 Å². The average molecular weight is 271 g/mol. The summed E-state index contributed by atoms with van der Waals surface area (Å²) < 4.78 is 5.37. The summed E-state index contributed by atoms with van der Waals surface area (Å²) in [5.41, 5.74) is 4.14. The molecule has 1 aliphatic rings. The molecule has 94 valence electrons. The third-order valence-electron chi connectivity index (χ3n) is 2.86. The van der Waals surface area contributed by atoms with Gasteiger partial charge in [-0.05, 0) is 18.2 Å². The van der Waals surface area contributed by atoms with Crippen LogP contribution in [-0.4, -0.2) is 24.0 Å². The predicted octanol–water partition coefficient (Wildman–Crippen LogP) is 2.06. The molecule has 1 aliphatic heterocycles. The third-order valence-corrected chi connectivity index (χ3v) is 3.45. The number of anilines is 1. The summed E-state index contributed by atoms with van der Waals surface area (Å²) in [6, 6.07) is 7.53. The lowest BCUT2D eigenvalue weighted by molar-refractivity contribution is -0.121. The van der Waals surface area contributed by atoms with Crippen molar-refractivity contribution < 1.29 is 9.53 Å². The summed E-state index contributed by atoms with van der Waals surface area (Å²) in [5, 5.41) is 10.8. The Morgan fingerprint density at radius 1 is 1.53 bits per heavy atom. The van der Waals surface area contributed by atoms with Crippen molar-refractivity contribution in [2.75, 3.05) is 18.1 Å². The van der Waals surface area contributed by atoms with E-state index < -0.39 is 0 Å². The van der Waals surface area contributed by atoms with Crippen molar-refractivity contribution in [3.05, 3.63) is 29.1 Å². The van der Waals surface area contributed by atoms with E-state index in [1.54, 1.807) is 11.6 Å². The van der Waals surface area contributed by atoms with Crippen molar-refractivity contribution >= 4 is 22.9 Å². The first-order valence-electron chi connectivity index (χ1n) is 5.62. The first kappa shape index (κ1) is 11.7. The number of carbonyl (C=O) groups excluding carboxylic acids is 1. The van der Waals surface area contributed by atoms with E-state index >= 15 is 0 Å². The number of ether oxygens (including phenoxy) is 1. The van der Waals surface area contributed by atoms with Gasteiger partial charge in [-0.25, -0.2) is 4.98 Å². The molecule has 2 heterocycles. The first-order valence-corrected chi connectivity index (χ1v) is 6.56. The number of nitrogens with zero attached hydrogens (tertiary/aromatic N) is 3. The molecule has 0 unspecified atom stereocenters. The van der Waals surface area contributed by atoms with Gasteiger partial charge < -0.3 is 4.74 Å². The first-order chi connectivity index (χ1) is 9.29. The third kappa shape index (κ3) is 2.04. The summed E-state index contributed by atoms with van der Waals surface area (Å²) in [5.74, 6) is 0.415. The van der Waals surface area contributed by atoms with E-state index in [9.17, 15) is 4.79 Å². The van der Waals surface area contributed by atoms with Gasteiger partial charge in [0.05, 0.1) is 23.0 Å². The highest BCUT2D eigenvalue weighted by molar-refractivity contribution is 7.07. The van der Waals surface area contributed by atoms with Crippen LogP contribution in [-0.2, 0) is 4.79 Å².